The first-order valence-electron chi connectivity index (χ1n) is 4.69. The Balaban J connectivity index is 2.15. The number of hydrogen-bond acceptors (Lipinski definition) is 3. The average molecular weight is 171 g/mol. The predicted octanol–water partition coefficient (Wildman–Crippen LogP) is 0.0895. The molecule has 70 valence electrons. The molecule has 0 aromatic carbocycles. The van der Waals surface area contributed by atoms with Crippen molar-refractivity contribution in [1.29, 1.82) is 0 Å². The molecule has 0 aromatic heterocycles. The molecule has 0 saturated carbocycles. The Morgan fingerprint density at radius 2 is 2.17 bits per heavy atom. The minimum atomic E-state index is -0.240. The normalized spacial score (nSPS) is 46.5. The number of aliphatic hydroxyl groups is 1. The summed E-state index contributed by atoms with van der Waals surface area (Å²) in [5.74, 6) is 0.581. The summed E-state index contributed by atoms with van der Waals surface area (Å²) in [6.07, 6.45) is 2.38. The van der Waals surface area contributed by atoms with Crippen molar-refractivity contribution in [3.05, 3.63) is 0 Å². The van der Waals surface area contributed by atoms with E-state index in [1.165, 1.54) is 25.9 Å². The van der Waals surface area contributed by atoms with Crippen molar-refractivity contribution in [1.82, 2.24) is 4.90 Å². The van der Waals surface area contributed by atoms with E-state index in [2.05, 4.69) is 4.90 Å². The second kappa shape index (κ2) is 2.98. The number of methoxy groups -OCH3 is 1. The van der Waals surface area contributed by atoms with Crippen LogP contribution in [0.25, 0.3) is 0 Å². The molecule has 3 heteroatoms. The van der Waals surface area contributed by atoms with E-state index in [-0.39, 0.29) is 12.2 Å². The van der Waals surface area contributed by atoms with Gasteiger partial charge in [0.25, 0.3) is 0 Å². The van der Waals surface area contributed by atoms with Gasteiger partial charge in [-0.15, -0.1) is 0 Å². The third-order valence-electron chi connectivity index (χ3n) is 3.50. The molecule has 0 aliphatic carbocycles. The third kappa shape index (κ3) is 1.08. The minimum Gasteiger partial charge on any atom is -0.393 e. The molecule has 1 N–H and O–H groups in total. The second-order valence-electron chi connectivity index (χ2n) is 3.98. The molecule has 0 amide bonds. The van der Waals surface area contributed by atoms with Crippen LogP contribution < -0.4 is 0 Å². The Kier molecular flexibility index (Phi) is 2.10. The molecule has 3 aliphatic rings. The van der Waals surface area contributed by atoms with Gasteiger partial charge in [-0.25, -0.2) is 0 Å². The Morgan fingerprint density at radius 1 is 1.50 bits per heavy atom. The third-order valence-corrected chi connectivity index (χ3v) is 3.50. The van der Waals surface area contributed by atoms with Crippen molar-refractivity contribution >= 4 is 0 Å². The van der Waals surface area contributed by atoms with Crippen molar-refractivity contribution in [3.63, 3.8) is 0 Å². The van der Waals surface area contributed by atoms with Gasteiger partial charge in [0.1, 0.15) is 5.60 Å². The van der Waals surface area contributed by atoms with Gasteiger partial charge in [0.2, 0.25) is 0 Å². The van der Waals surface area contributed by atoms with Crippen LogP contribution in [0.5, 0.6) is 0 Å². The van der Waals surface area contributed by atoms with E-state index in [9.17, 15) is 5.11 Å². The van der Waals surface area contributed by atoms with Crippen LogP contribution >= 0.6 is 0 Å². The van der Waals surface area contributed by atoms with E-state index in [1.807, 2.05) is 0 Å². The van der Waals surface area contributed by atoms with Crippen LogP contribution in [-0.2, 0) is 4.74 Å². The van der Waals surface area contributed by atoms with Crippen LogP contribution in [0.3, 0.4) is 0 Å². The highest BCUT2D eigenvalue weighted by atomic mass is 16.5. The Morgan fingerprint density at radius 3 is 2.42 bits per heavy atom. The van der Waals surface area contributed by atoms with Crippen LogP contribution in [0.2, 0.25) is 0 Å². The molecule has 1 atom stereocenters. The van der Waals surface area contributed by atoms with Gasteiger partial charge in [-0.2, -0.15) is 0 Å². The Bertz CT molecular complexity index is 160. The van der Waals surface area contributed by atoms with Crippen molar-refractivity contribution in [2.45, 2.75) is 18.4 Å². The van der Waals surface area contributed by atoms with Gasteiger partial charge < -0.3 is 14.7 Å². The molecule has 12 heavy (non-hydrogen) atoms. The lowest BCUT2D eigenvalue weighted by Gasteiger charge is -2.51. The van der Waals surface area contributed by atoms with Crippen molar-refractivity contribution < 1.29 is 9.84 Å². The summed E-state index contributed by atoms with van der Waals surface area (Å²) >= 11 is 0. The van der Waals surface area contributed by atoms with Crippen LogP contribution in [-0.4, -0.2) is 49.0 Å². The highest BCUT2D eigenvalue weighted by molar-refractivity contribution is 4.99. The van der Waals surface area contributed by atoms with E-state index in [1.54, 1.807) is 7.11 Å². The molecule has 3 aliphatic heterocycles. The summed E-state index contributed by atoms with van der Waals surface area (Å²) in [6, 6.07) is 0. The molecule has 0 radical (unpaired) electrons. The van der Waals surface area contributed by atoms with Gasteiger partial charge >= 0.3 is 0 Å². The van der Waals surface area contributed by atoms with Crippen LogP contribution in [0.15, 0.2) is 0 Å². The molecule has 3 fully saturated rings. The molecule has 1 unspecified atom stereocenters. The number of piperidine rings is 3. The fourth-order valence-corrected chi connectivity index (χ4v) is 2.60. The predicted molar refractivity (Wildman–Crippen MR) is 46.0 cm³/mol. The Hall–Kier alpha value is -0.120. The SMILES string of the molecule is COC1(CO)CN2CCC1CC2. The summed E-state index contributed by atoms with van der Waals surface area (Å²) < 4.78 is 5.47. The van der Waals surface area contributed by atoms with Gasteiger partial charge in [-0.3, -0.25) is 0 Å². The van der Waals surface area contributed by atoms with Crippen LogP contribution in [0, 0.1) is 5.92 Å². The van der Waals surface area contributed by atoms with Gasteiger partial charge in [-0.1, -0.05) is 0 Å². The highest BCUT2D eigenvalue weighted by Gasteiger charge is 2.46. The number of ether oxygens (including phenoxy) is 1. The average Bonchev–Trinajstić information content (AvgIpc) is 2.19. The maximum Gasteiger partial charge on any atom is 0.106 e. The molecule has 2 bridgehead atoms. The lowest BCUT2D eigenvalue weighted by molar-refractivity contribution is -0.157. The number of aliphatic hydroxyl groups excluding tert-OH is 1. The number of nitrogens with zero attached hydrogens (tertiary/aromatic N) is 1. The van der Waals surface area contributed by atoms with Gasteiger partial charge in [-0.05, 0) is 31.8 Å². The number of rotatable bonds is 2. The fraction of sp³-hybridized carbons (Fsp3) is 1.00. The fourth-order valence-electron chi connectivity index (χ4n) is 2.60. The minimum absolute atomic E-state index is 0.171. The highest BCUT2D eigenvalue weighted by Crippen LogP contribution is 2.37. The van der Waals surface area contributed by atoms with Gasteiger partial charge in [0, 0.05) is 13.7 Å². The first-order chi connectivity index (χ1) is 5.80. The zero-order valence-corrected chi connectivity index (χ0v) is 7.62. The van der Waals surface area contributed by atoms with Crippen LogP contribution in [0.1, 0.15) is 12.8 Å². The van der Waals surface area contributed by atoms with E-state index >= 15 is 0 Å². The van der Waals surface area contributed by atoms with E-state index in [4.69, 9.17) is 4.74 Å². The first kappa shape index (κ1) is 8.48. The molecular weight excluding hydrogens is 154 g/mol. The number of fused-ring (bicyclic) bond motifs is 3. The lowest BCUT2D eigenvalue weighted by Crippen LogP contribution is -2.61. The van der Waals surface area contributed by atoms with Gasteiger partial charge in [0.15, 0.2) is 0 Å². The quantitative estimate of drug-likeness (QED) is 0.639. The monoisotopic (exact) mass is 171 g/mol. The lowest BCUT2D eigenvalue weighted by atomic mass is 9.75. The largest absolute Gasteiger partial charge is 0.393 e. The van der Waals surface area contributed by atoms with E-state index in [0.29, 0.717) is 5.92 Å². The zero-order valence-electron chi connectivity index (χ0n) is 7.62. The van der Waals surface area contributed by atoms with Crippen molar-refractivity contribution in [2.24, 2.45) is 5.92 Å². The molecule has 0 aromatic rings. The molecular formula is C9H17NO2. The summed E-state index contributed by atoms with van der Waals surface area (Å²) in [7, 11) is 1.72. The molecule has 3 saturated heterocycles. The maximum atomic E-state index is 9.31. The smallest absolute Gasteiger partial charge is 0.106 e. The first-order valence-corrected chi connectivity index (χ1v) is 4.69. The van der Waals surface area contributed by atoms with Crippen molar-refractivity contribution in [2.75, 3.05) is 33.4 Å². The van der Waals surface area contributed by atoms with Crippen molar-refractivity contribution in [3.8, 4) is 0 Å². The van der Waals surface area contributed by atoms with Crippen LogP contribution in [0.4, 0.5) is 0 Å². The second-order valence-corrected chi connectivity index (χ2v) is 3.98. The zero-order chi connectivity index (χ0) is 8.60. The summed E-state index contributed by atoms with van der Waals surface area (Å²) in [5, 5.41) is 9.31. The Labute approximate surface area is 73.3 Å². The molecule has 0 spiro atoms. The van der Waals surface area contributed by atoms with E-state index in [0.717, 1.165) is 6.54 Å². The summed E-state index contributed by atoms with van der Waals surface area (Å²) in [5.41, 5.74) is -0.240. The standard InChI is InChI=1S/C9H17NO2/c1-12-9(7-11)6-10-4-2-8(9)3-5-10/h8,11H,2-7H2,1H3. The molecule has 3 heterocycles. The topological polar surface area (TPSA) is 32.7 Å². The maximum absolute atomic E-state index is 9.31. The molecule has 3 rings (SSSR count). The van der Waals surface area contributed by atoms with Gasteiger partial charge in [0.05, 0.1) is 6.61 Å². The molecule has 3 nitrogen and oxygen atoms in total. The number of hydrogen-bond donors (Lipinski definition) is 1. The summed E-state index contributed by atoms with van der Waals surface area (Å²) in [6.45, 7) is 3.47. The summed E-state index contributed by atoms with van der Waals surface area (Å²) in [4.78, 5) is 2.39. The van der Waals surface area contributed by atoms with E-state index < -0.39 is 0 Å².